The Hall–Kier alpha value is -0.650. The number of likely N-dealkylation sites (N-methyl/N-ethyl adjacent to an activating group) is 1. The molecule has 0 aliphatic rings. The number of aliphatic hydroxyl groups excluding tert-OH is 1. The van der Waals surface area contributed by atoms with Crippen LogP contribution in [0.5, 0.6) is 5.75 Å². The molecule has 0 radical (unpaired) electrons. The van der Waals surface area contributed by atoms with E-state index in [1.54, 1.807) is 7.05 Å². The van der Waals surface area contributed by atoms with Gasteiger partial charge in [0.05, 0.1) is 10.6 Å². The molecule has 0 aromatic heterocycles. The van der Waals surface area contributed by atoms with Crippen LogP contribution in [0.2, 0.25) is 0 Å². The number of halogens is 2. The van der Waals surface area contributed by atoms with Crippen molar-refractivity contribution in [3.8, 4) is 5.75 Å². The van der Waals surface area contributed by atoms with Crippen molar-refractivity contribution in [3.63, 3.8) is 0 Å². The first-order valence-corrected chi connectivity index (χ1v) is 4.86. The number of hydrogen-bond donors (Lipinski definition) is 3. The lowest BCUT2D eigenvalue weighted by atomic mass is 10.1. The molecule has 1 atom stereocenters. The molecule has 0 saturated heterocycles. The average molecular weight is 264 g/mol. The molecule has 0 aliphatic heterocycles. The fourth-order valence-electron chi connectivity index (χ4n) is 1.12. The molecule has 1 aromatic carbocycles. The Morgan fingerprint density at radius 1 is 1.57 bits per heavy atom. The molecule has 0 heterocycles. The maximum Gasteiger partial charge on any atom is 0.138 e. The van der Waals surface area contributed by atoms with Gasteiger partial charge in [-0.15, -0.1) is 0 Å². The monoisotopic (exact) mass is 263 g/mol. The predicted octanol–water partition coefficient (Wildman–Crippen LogP) is 1.55. The second-order valence-electron chi connectivity index (χ2n) is 2.90. The minimum atomic E-state index is -0.914. The summed E-state index contributed by atoms with van der Waals surface area (Å²) in [6, 6.07) is 2.34. The third-order valence-corrected chi connectivity index (χ3v) is 2.43. The van der Waals surface area contributed by atoms with Gasteiger partial charge in [-0.25, -0.2) is 4.39 Å². The van der Waals surface area contributed by atoms with Crippen LogP contribution in [0.4, 0.5) is 4.39 Å². The largest absolute Gasteiger partial charge is 0.508 e. The van der Waals surface area contributed by atoms with Gasteiger partial charge in [0.1, 0.15) is 11.6 Å². The van der Waals surface area contributed by atoms with E-state index in [0.717, 1.165) is 6.07 Å². The number of phenols is 1. The minimum Gasteiger partial charge on any atom is -0.508 e. The molecule has 1 rings (SSSR count). The van der Waals surface area contributed by atoms with Crippen molar-refractivity contribution in [1.29, 1.82) is 0 Å². The van der Waals surface area contributed by atoms with Crippen LogP contribution >= 0.6 is 15.9 Å². The highest BCUT2D eigenvalue weighted by Crippen LogP contribution is 2.29. The van der Waals surface area contributed by atoms with E-state index in [2.05, 4.69) is 21.2 Å². The zero-order valence-corrected chi connectivity index (χ0v) is 9.18. The Kier molecular flexibility index (Phi) is 3.86. The average Bonchev–Trinajstić information content (AvgIpc) is 2.11. The van der Waals surface area contributed by atoms with Crippen molar-refractivity contribution >= 4 is 15.9 Å². The van der Waals surface area contributed by atoms with Crippen molar-refractivity contribution in [2.75, 3.05) is 13.6 Å². The van der Waals surface area contributed by atoms with Crippen molar-refractivity contribution in [3.05, 3.63) is 28.0 Å². The molecular weight excluding hydrogens is 253 g/mol. The van der Waals surface area contributed by atoms with E-state index in [0.29, 0.717) is 0 Å². The molecule has 0 spiro atoms. The van der Waals surface area contributed by atoms with Crippen LogP contribution in [0.25, 0.3) is 0 Å². The molecule has 5 heteroatoms. The molecule has 0 bridgehead atoms. The van der Waals surface area contributed by atoms with Crippen LogP contribution in [0.1, 0.15) is 11.7 Å². The predicted molar refractivity (Wildman–Crippen MR) is 54.7 cm³/mol. The maximum absolute atomic E-state index is 13.1. The third kappa shape index (κ3) is 2.43. The highest BCUT2D eigenvalue weighted by Gasteiger charge is 2.14. The first kappa shape index (κ1) is 11.4. The lowest BCUT2D eigenvalue weighted by molar-refractivity contribution is 0.173. The van der Waals surface area contributed by atoms with Gasteiger partial charge in [0.2, 0.25) is 0 Å². The second kappa shape index (κ2) is 4.72. The fourth-order valence-corrected chi connectivity index (χ4v) is 1.45. The van der Waals surface area contributed by atoms with E-state index in [4.69, 9.17) is 0 Å². The van der Waals surface area contributed by atoms with Gasteiger partial charge in [0.25, 0.3) is 0 Å². The van der Waals surface area contributed by atoms with Crippen LogP contribution in [0, 0.1) is 5.82 Å². The van der Waals surface area contributed by atoms with Gasteiger partial charge in [-0.1, -0.05) is 0 Å². The summed E-state index contributed by atoms with van der Waals surface area (Å²) >= 11 is 2.94. The van der Waals surface area contributed by atoms with Gasteiger partial charge in [0.15, 0.2) is 0 Å². The van der Waals surface area contributed by atoms with E-state index in [1.807, 2.05) is 0 Å². The second-order valence-corrected chi connectivity index (χ2v) is 3.75. The van der Waals surface area contributed by atoms with Crippen LogP contribution in [0.3, 0.4) is 0 Å². The number of hydrogen-bond acceptors (Lipinski definition) is 3. The number of benzene rings is 1. The molecule has 0 fully saturated rings. The van der Waals surface area contributed by atoms with Crippen molar-refractivity contribution in [2.24, 2.45) is 0 Å². The van der Waals surface area contributed by atoms with Crippen molar-refractivity contribution < 1.29 is 14.6 Å². The van der Waals surface area contributed by atoms with E-state index in [1.165, 1.54) is 6.07 Å². The maximum atomic E-state index is 13.1. The molecule has 0 amide bonds. The topological polar surface area (TPSA) is 52.5 Å². The molecule has 1 aromatic rings. The van der Waals surface area contributed by atoms with E-state index < -0.39 is 11.9 Å². The standard InChI is InChI=1S/C9H11BrFNO2/c1-12-4-9(14)5-2-7(11)6(10)3-8(5)13/h2-3,9,12-14H,4H2,1H3. The smallest absolute Gasteiger partial charge is 0.138 e. The molecular formula is C9H11BrFNO2. The van der Waals surface area contributed by atoms with Gasteiger partial charge >= 0.3 is 0 Å². The lowest BCUT2D eigenvalue weighted by Gasteiger charge is -2.12. The molecule has 0 aliphatic carbocycles. The molecule has 0 saturated carbocycles. The van der Waals surface area contributed by atoms with Crippen LogP contribution in [-0.2, 0) is 0 Å². The summed E-state index contributed by atoms with van der Waals surface area (Å²) in [5.41, 5.74) is 0.181. The van der Waals surface area contributed by atoms with Crippen LogP contribution in [-0.4, -0.2) is 23.8 Å². The fraction of sp³-hybridized carbons (Fsp3) is 0.333. The first-order chi connectivity index (χ1) is 6.56. The van der Waals surface area contributed by atoms with E-state index in [-0.39, 0.29) is 22.3 Å². The highest BCUT2D eigenvalue weighted by atomic mass is 79.9. The van der Waals surface area contributed by atoms with Gasteiger partial charge in [-0.3, -0.25) is 0 Å². The first-order valence-electron chi connectivity index (χ1n) is 4.06. The molecule has 78 valence electrons. The molecule has 3 N–H and O–H groups in total. The molecule has 3 nitrogen and oxygen atoms in total. The van der Waals surface area contributed by atoms with Gasteiger partial charge < -0.3 is 15.5 Å². The van der Waals surface area contributed by atoms with E-state index in [9.17, 15) is 14.6 Å². The van der Waals surface area contributed by atoms with Crippen LogP contribution in [0.15, 0.2) is 16.6 Å². The number of phenolic OH excluding ortho intramolecular Hbond substituents is 1. The van der Waals surface area contributed by atoms with E-state index >= 15 is 0 Å². The van der Waals surface area contributed by atoms with Gasteiger partial charge in [-0.05, 0) is 35.1 Å². The zero-order valence-electron chi connectivity index (χ0n) is 7.59. The number of rotatable bonds is 3. The summed E-state index contributed by atoms with van der Waals surface area (Å²) in [6.45, 7) is 0.259. The summed E-state index contributed by atoms with van der Waals surface area (Å²) in [5.74, 6) is -0.631. The SMILES string of the molecule is CNCC(O)c1cc(F)c(Br)cc1O. The summed E-state index contributed by atoms with van der Waals surface area (Å²) in [6.07, 6.45) is -0.914. The lowest BCUT2D eigenvalue weighted by Crippen LogP contribution is -2.16. The number of aliphatic hydroxyl groups is 1. The Balaban J connectivity index is 3.02. The summed E-state index contributed by atoms with van der Waals surface area (Å²) in [5, 5.41) is 21.7. The highest BCUT2D eigenvalue weighted by molar-refractivity contribution is 9.10. The quantitative estimate of drug-likeness (QED) is 0.776. The summed E-state index contributed by atoms with van der Waals surface area (Å²) in [7, 11) is 1.66. The summed E-state index contributed by atoms with van der Waals surface area (Å²) in [4.78, 5) is 0. The van der Waals surface area contributed by atoms with Crippen LogP contribution < -0.4 is 5.32 Å². The number of nitrogens with one attached hydrogen (secondary N) is 1. The summed E-state index contributed by atoms with van der Waals surface area (Å²) < 4.78 is 13.2. The molecule has 14 heavy (non-hydrogen) atoms. The van der Waals surface area contributed by atoms with Crippen molar-refractivity contribution in [1.82, 2.24) is 5.32 Å². The Morgan fingerprint density at radius 3 is 2.79 bits per heavy atom. The van der Waals surface area contributed by atoms with Gasteiger partial charge in [0, 0.05) is 12.1 Å². The van der Waals surface area contributed by atoms with Crippen molar-refractivity contribution in [2.45, 2.75) is 6.10 Å². The Bertz CT molecular complexity index is 333. The molecule has 1 unspecified atom stereocenters. The Labute approximate surface area is 89.7 Å². The zero-order chi connectivity index (χ0) is 10.7. The number of aromatic hydroxyl groups is 1. The Morgan fingerprint density at radius 2 is 2.21 bits per heavy atom. The van der Waals surface area contributed by atoms with Gasteiger partial charge in [-0.2, -0.15) is 0 Å². The minimum absolute atomic E-state index is 0.124. The third-order valence-electron chi connectivity index (χ3n) is 1.83. The normalized spacial score (nSPS) is 12.9.